The molecular weight excluding hydrogens is 382 g/mol. The van der Waals surface area contributed by atoms with Crippen molar-refractivity contribution in [1.29, 1.82) is 0 Å². The van der Waals surface area contributed by atoms with Crippen LogP contribution >= 0.6 is 11.8 Å². The Labute approximate surface area is 173 Å². The normalized spacial score (nSPS) is 11.4. The number of fused-ring (bicyclic) bond motifs is 1. The summed E-state index contributed by atoms with van der Waals surface area (Å²) in [5, 5.41) is 1.37. The number of thioether (sulfide) groups is 1. The number of hydrogen-bond acceptors (Lipinski definition) is 5. The van der Waals surface area contributed by atoms with Crippen molar-refractivity contribution in [3.63, 3.8) is 0 Å². The summed E-state index contributed by atoms with van der Waals surface area (Å²) in [6, 6.07) is 17.4. The van der Waals surface area contributed by atoms with Gasteiger partial charge in [0.25, 0.3) is 5.56 Å². The van der Waals surface area contributed by atoms with E-state index in [1.807, 2.05) is 61.5 Å². The molecular formula is C23H23N3O2S. The first-order valence-electron chi connectivity index (χ1n) is 9.67. The van der Waals surface area contributed by atoms with E-state index in [0.717, 1.165) is 22.5 Å². The monoisotopic (exact) mass is 405 g/mol. The van der Waals surface area contributed by atoms with E-state index in [2.05, 4.69) is 18.8 Å². The number of para-hydroxylation sites is 1. The molecule has 2 aromatic heterocycles. The number of aromatic nitrogens is 3. The fourth-order valence-corrected chi connectivity index (χ4v) is 4.19. The van der Waals surface area contributed by atoms with Crippen molar-refractivity contribution < 1.29 is 4.42 Å². The van der Waals surface area contributed by atoms with Gasteiger partial charge in [-0.05, 0) is 37.1 Å². The Kier molecular flexibility index (Phi) is 5.53. The molecule has 2 aromatic carbocycles. The number of benzene rings is 2. The van der Waals surface area contributed by atoms with E-state index < -0.39 is 0 Å². The SMILES string of the molecule is Cc1oc(-c2ccccc2)nc1CSc1nc2ccccc2c(=O)n1CC(C)C. The molecule has 0 aliphatic carbocycles. The molecule has 4 rings (SSSR count). The summed E-state index contributed by atoms with van der Waals surface area (Å²) in [6.07, 6.45) is 0. The minimum absolute atomic E-state index is 0.00801. The molecule has 0 atom stereocenters. The molecule has 0 aliphatic rings. The average Bonchev–Trinajstić information content (AvgIpc) is 3.10. The van der Waals surface area contributed by atoms with Gasteiger partial charge in [0.15, 0.2) is 5.16 Å². The van der Waals surface area contributed by atoms with Gasteiger partial charge in [-0.1, -0.05) is 55.9 Å². The van der Waals surface area contributed by atoms with Crippen LogP contribution in [0.15, 0.2) is 69.0 Å². The highest BCUT2D eigenvalue weighted by Crippen LogP contribution is 2.27. The van der Waals surface area contributed by atoms with Gasteiger partial charge >= 0.3 is 0 Å². The van der Waals surface area contributed by atoms with Crippen LogP contribution in [-0.2, 0) is 12.3 Å². The van der Waals surface area contributed by atoms with Crippen LogP contribution in [0, 0.1) is 12.8 Å². The van der Waals surface area contributed by atoms with Crippen LogP contribution in [-0.4, -0.2) is 14.5 Å². The van der Waals surface area contributed by atoms with Crippen LogP contribution < -0.4 is 5.56 Å². The molecule has 4 aromatic rings. The molecule has 5 nitrogen and oxygen atoms in total. The van der Waals surface area contributed by atoms with E-state index in [-0.39, 0.29) is 5.56 Å². The molecule has 0 saturated heterocycles. The van der Waals surface area contributed by atoms with Gasteiger partial charge in [-0.3, -0.25) is 9.36 Å². The number of rotatable bonds is 6. The zero-order chi connectivity index (χ0) is 20.4. The Morgan fingerprint density at radius 1 is 1.03 bits per heavy atom. The third-order valence-electron chi connectivity index (χ3n) is 4.63. The van der Waals surface area contributed by atoms with Crippen molar-refractivity contribution in [2.24, 2.45) is 5.92 Å². The zero-order valence-electron chi connectivity index (χ0n) is 16.8. The summed E-state index contributed by atoms with van der Waals surface area (Å²) in [6.45, 7) is 6.75. The van der Waals surface area contributed by atoms with Crippen molar-refractivity contribution in [3.05, 3.63) is 76.4 Å². The molecule has 6 heteroatoms. The van der Waals surface area contributed by atoms with E-state index >= 15 is 0 Å². The predicted molar refractivity (Wildman–Crippen MR) is 117 cm³/mol. The summed E-state index contributed by atoms with van der Waals surface area (Å²) in [5.74, 6) is 2.33. The van der Waals surface area contributed by atoms with Gasteiger partial charge in [-0.2, -0.15) is 0 Å². The minimum atomic E-state index is 0.00801. The number of nitrogens with zero attached hydrogens (tertiary/aromatic N) is 3. The molecule has 0 fully saturated rings. The summed E-state index contributed by atoms with van der Waals surface area (Å²) in [5.41, 5.74) is 2.55. The highest BCUT2D eigenvalue weighted by Gasteiger charge is 2.16. The summed E-state index contributed by atoms with van der Waals surface area (Å²) in [7, 11) is 0. The van der Waals surface area contributed by atoms with Crippen molar-refractivity contribution >= 4 is 22.7 Å². The first-order chi connectivity index (χ1) is 14.0. The van der Waals surface area contributed by atoms with E-state index in [1.165, 1.54) is 11.8 Å². The maximum Gasteiger partial charge on any atom is 0.262 e. The van der Waals surface area contributed by atoms with Crippen molar-refractivity contribution in [1.82, 2.24) is 14.5 Å². The standard InChI is InChI=1S/C23H23N3O2S/c1-15(2)13-26-22(27)18-11-7-8-12-19(18)25-23(26)29-14-20-16(3)28-21(24-20)17-9-5-4-6-10-17/h4-12,15H,13-14H2,1-3H3. The second-order valence-electron chi connectivity index (χ2n) is 7.40. The van der Waals surface area contributed by atoms with Gasteiger partial charge in [-0.15, -0.1) is 0 Å². The summed E-state index contributed by atoms with van der Waals surface area (Å²) >= 11 is 1.52. The maximum absolute atomic E-state index is 13.0. The van der Waals surface area contributed by atoms with Crippen LogP contribution in [0.5, 0.6) is 0 Å². The minimum Gasteiger partial charge on any atom is -0.441 e. The molecule has 0 bridgehead atoms. The molecule has 29 heavy (non-hydrogen) atoms. The molecule has 0 radical (unpaired) electrons. The third-order valence-corrected chi connectivity index (χ3v) is 5.61. The van der Waals surface area contributed by atoms with Crippen LogP contribution in [0.3, 0.4) is 0 Å². The van der Waals surface area contributed by atoms with Crippen molar-refractivity contribution in [3.8, 4) is 11.5 Å². The largest absolute Gasteiger partial charge is 0.441 e. The Morgan fingerprint density at radius 2 is 1.76 bits per heavy atom. The predicted octanol–water partition coefficient (Wildman–Crippen LogP) is 5.31. The molecule has 0 spiro atoms. The molecule has 0 saturated carbocycles. The molecule has 0 unspecified atom stereocenters. The van der Waals surface area contributed by atoms with Crippen LogP contribution in [0.2, 0.25) is 0 Å². The van der Waals surface area contributed by atoms with E-state index in [0.29, 0.717) is 34.6 Å². The third kappa shape index (κ3) is 4.12. The Balaban J connectivity index is 1.66. The van der Waals surface area contributed by atoms with Gasteiger partial charge in [0.05, 0.1) is 16.6 Å². The van der Waals surface area contributed by atoms with Gasteiger partial charge < -0.3 is 4.42 Å². The lowest BCUT2D eigenvalue weighted by atomic mass is 10.2. The van der Waals surface area contributed by atoms with Gasteiger partial charge in [0.1, 0.15) is 5.76 Å². The van der Waals surface area contributed by atoms with Crippen LogP contribution in [0.1, 0.15) is 25.3 Å². The molecule has 0 aliphatic heterocycles. The second kappa shape index (κ2) is 8.25. The van der Waals surface area contributed by atoms with Crippen LogP contribution in [0.4, 0.5) is 0 Å². The molecule has 2 heterocycles. The molecule has 0 amide bonds. The molecule has 148 valence electrons. The first kappa shape index (κ1) is 19.5. The van der Waals surface area contributed by atoms with E-state index in [4.69, 9.17) is 9.40 Å². The van der Waals surface area contributed by atoms with Crippen molar-refractivity contribution in [2.45, 2.75) is 38.2 Å². The first-order valence-corrected chi connectivity index (χ1v) is 10.7. The fraction of sp³-hybridized carbons (Fsp3) is 0.261. The second-order valence-corrected chi connectivity index (χ2v) is 8.34. The molecule has 0 N–H and O–H groups in total. The quantitative estimate of drug-likeness (QED) is 0.321. The zero-order valence-corrected chi connectivity index (χ0v) is 17.6. The lowest BCUT2D eigenvalue weighted by Gasteiger charge is -2.14. The summed E-state index contributed by atoms with van der Waals surface area (Å²) in [4.78, 5) is 22.5. The van der Waals surface area contributed by atoms with Gasteiger partial charge in [-0.25, -0.2) is 9.97 Å². The van der Waals surface area contributed by atoms with E-state index in [9.17, 15) is 4.79 Å². The lowest BCUT2D eigenvalue weighted by Crippen LogP contribution is -2.25. The Morgan fingerprint density at radius 3 is 2.52 bits per heavy atom. The van der Waals surface area contributed by atoms with Gasteiger partial charge in [0.2, 0.25) is 5.89 Å². The topological polar surface area (TPSA) is 60.9 Å². The number of hydrogen-bond donors (Lipinski definition) is 0. The highest BCUT2D eigenvalue weighted by molar-refractivity contribution is 7.98. The number of aryl methyl sites for hydroxylation is 1. The highest BCUT2D eigenvalue weighted by atomic mass is 32.2. The van der Waals surface area contributed by atoms with Gasteiger partial charge in [0, 0.05) is 17.9 Å². The average molecular weight is 406 g/mol. The van der Waals surface area contributed by atoms with Crippen molar-refractivity contribution in [2.75, 3.05) is 0 Å². The Hall–Kier alpha value is -2.86. The Bertz CT molecular complexity index is 1200. The van der Waals surface area contributed by atoms with Crippen LogP contribution in [0.25, 0.3) is 22.4 Å². The smallest absolute Gasteiger partial charge is 0.262 e. The maximum atomic E-state index is 13.0. The summed E-state index contributed by atoms with van der Waals surface area (Å²) < 4.78 is 7.65. The number of oxazole rings is 1. The lowest BCUT2D eigenvalue weighted by molar-refractivity contribution is 0.475. The fourth-order valence-electron chi connectivity index (χ4n) is 3.18. The van der Waals surface area contributed by atoms with E-state index in [1.54, 1.807) is 4.57 Å².